The second-order valence-electron chi connectivity index (χ2n) is 6.57. The summed E-state index contributed by atoms with van der Waals surface area (Å²) in [5.41, 5.74) is 0. The number of aromatic nitrogens is 1. The number of piperidine rings is 1. The van der Waals surface area contributed by atoms with Gasteiger partial charge >= 0.3 is 0 Å². The van der Waals surface area contributed by atoms with Gasteiger partial charge in [-0.1, -0.05) is 0 Å². The van der Waals surface area contributed by atoms with E-state index in [2.05, 4.69) is 15.2 Å². The summed E-state index contributed by atoms with van der Waals surface area (Å²) in [5, 5.41) is 3.33. The molecule has 3 rings (SSSR count). The van der Waals surface area contributed by atoms with Gasteiger partial charge in [0.1, 0.15) is 10.7 Å². The second-order valence-corrected chi connectivity index (χ2v) is 8.56. The zero-order valence-electron chi connectivity index (χ0n) is 13.6. The second kappa shape index (κ2) is 7.15. The maximum absolute atomic E-state index is 11.8. The first-order chi connectivity index (χ1) is 11.0. The number of hydrogen-bond acceptors (Lipinski definition) is 6. The van der Waals surface area contributed by atoms with Crippen molar-refractivity contribution in [2.24, 2.45) is 5.92 Å². The summed E-state index contributed by atoms with van der Waals surface area (Å²) in [6, 6.07) is 3.55. The van der Waals surface area contributed by atoms with Crippen molar-refractivity contribution in [3.63, 3.8) is 0 Å². The summed E-state index contributed by atoms with van der Waals surface area (Å²) < 4.78 is 29.1. The van der Waals surface area contributed by atoms with Gasteiger partial charge in [-0.2, -0.15) is 0 Å². The predicted octanol–water partition coefficient (Wildman–Crippen LogP) is 1.40. The molecule has 2 saturated heterocycles. The quantitative estimate of drug-likeness (QED) is 0.874. The first-order valence-corrected chi connectivity index (χ1v) is 10.1. The molecule has 2 aliphatic heterocycles. The van der Waals surface area contributed by atoms with Crippen molar-refractivity contribution in [3.8, 4) is 0 Å². The number of nitrogens with zero attached hydrogens (tertiary/aromatic N) is 2. The smallest absolute Gasteiger partial charge is 0.179 e. The number of anilines is 1. The first-order valence-electron chi connectivity index (χ1n) is 8.24. The van der Waals surface area contributed by atoms with Crippen LogP contribution in [0.15, 0.2) is 23.2 Å². The molecular formula is C16H25N3O3S. The average Bonchev–Trinajstić information content (AvgIpc) is 3.02. The highest BCUT2D eigenvalue weighted by atomic mass is 32.2. The van der Waals surface area contributed by atoms with E-state index in [1.807, 2.05) is 0 Å². The number of nitrogens with one attached hydrogen (secondary N) is 1. The molecule has 1 N–H and O–H groups in total. The van der Waals surface area contributed by atoms with Crippen molar-refractivity contribution < 1.29 is 13.2 Å². The third-order valence-electron chi connectivity index (χ3n) is 4.64. The van der Waals surface area contributed by atoms with E-state index in [9.17, 15) is 8.42 Å². The lowest BCUT2D eigenvalue weighted by molar-refractivity contribution is 0.154. The maximum atomic E-state index is 11.8. The van der Waals surface area contributed by atoms with Crippen LogP contribution in [0.4, 0.5) is 5.82 Å². The summed E-state index contributed by atoms with van der Waals surface area (Å²) in [5.74, 6) is 1.16. The Labute approximate surface area is 138 Å². The van der Waals surface area contributed by atoms with Gasteiger partial charge in [0.2, 0.25) is 0 Å². The molecule has 0 amide bonds. The highest BCUT2D eigenvalue weighted by molar-refractivity contribution is 7.90. The highest BCUT2D eigenvalue weighted by Gasteiger charge is 2.25. The van der Waals surface area contributed by atoms with Crippen molar-refractivity contribution in [2.45, 2.75) is 30.2 Å². The third kappa shape index (κ3) is 4.43. The predicted molar refractivity (Wildman–Crippen MR) is 89.4 cm³/mol. The lowest BCUT2D eigenvalue weighted by Crippen LogP contribution is -2.41. The van der Waals surface area contributed by atoms with E-state index < -0.39 is 9.84 Å². The number of sulfone groups is 1. The molecule has 0 bridgehead atoms. The number of ether oxygens (including phenoxy) is 1. The molecule has 0 radical (unpaired) electrons. The summed E-state index contributed by atoms with van der Waals surface area (Å²) in [4.78, 5) is 7.00. The summed E-state index contributed by atoms with van der Waals surface area (Å²) in [6.07, 6.45) is 6.04. The van der Waals surface area contributed by atoms with Crippen LogP contribution in [-0.2, 0) is 14.6 Å². The van der Waals surface area contributed by atoms with E-state index in [-0.39, 0.29) is 10.9 Å². The minimum absolute atomic E-state index is 0.279. The molecular weight excluding hydrogens is 314 g/mol. The van der Waals surface area contributed by atoms with Crippen LogP contribution >= 0.6 is 0 Å². The molecule has 1 atom stereocenters. The molecule has 0 aromatic carbocycles. The van der Waals surface area contributed by atoms with Crippen LogP contribution in [0, 0.1) is 5.92 Å². The molecule has 128 valence electrons. The molecule has 0 spiro atoms. The molecule has 1 aromatic rings. The van der Waals surface area contributed by atoms with Gasteiger partial charge < -0.3 is 15.0 Å². The largest absolute Gasteiger partial charge is 0.381 e. The first kappa shape index (κ1) is 16.7. The lowest BCUT2D eigenvalue weighted by Gasteiger charge is -2.34. The zero-order chi connectivity index (χ0) is 16.3. The van der Waals surface area contributed by atoms with Crippen molar-refractivity contribution in [1.29, 1.82) is 0 Å². The van der Waals surface area contributed by atoms with Gasteiger partial charge in [-0.25, -0.2) is 13.4 Å². The average molecular weight is 339 g/mol. The van der Waals surface area contributed by atoms with E-state index in [1.165, 1.54) is 12.7 Å². The fourth-order valence-electron chi connectivity index (χ4n) is 3.34. The Kier molecular flexibility index (Phi) is 5.18. The minimum Gasteiger partial charge on any atom is -0.381 e. The van der Waals surface area contributed by atoms with E-state index in [0.717, 1.165) is 45.7 Å². The Morgan fingerprint density at radius 1 is 1.35 bits per heavy atom. The lowest BCUT2D eigenvalue weighted by atomic mass is 10.0. The molecule has 7 heteroatoms. The van der Waals surface area contributed by atoms with Crippen LogP contribution in [0.2, 0.25) is 0 Å². The van der Waals surface area contributed by atoms with Crippen molar-refractivity contribution >= 4 is 15.7 Å². The molecule has 6 nitrogen and oxygen atoms in total. The Bertz CT molecular complexity index is 621. The minimum atomic E-state index is -3.26. The number of pyridine rings is 1. The van der Waals surface area contributed by atoms with E-state index in [4.69, 9.17) is 4.74 Å². The van der Waals surface area contributed by atoms with Gasteiger partial charge in [0.05, 0.1) is 6.61 Å². The Hall–Kier alpha value is -1.18. The highest BCUT2D eigenvalue weighted by Crippen LogP contribution is 2.23. The topological polar surface area (TPSA) is 71.5 Å². The monoisotopic (exact) mass is 339 g/mol. The third-order valence-corrected chi connectivity index (χ3v) is 5.77. The van der Waals surface area contributed by atoms with Gasteiger partial charge in [0.15, 0.2) is 9.84 Å². The number of rotatable bonds is 5. The zero-order valence-corrected chi connectivity index (χ0v) is 14.4. The molecule has 0 aliphatic carbocycles. The van der Waals surface area contributed by atoms with Gasteiger partial charge in [0, 0.05) is 44.7 Å². The molecule has 23 heavy (non-hydrogen) atoms. The van der Waals surface area contributed by atoms with Crippen LogP contribution in [-0.4, -0.2) is 63.4 Å². The summed E-state index contributed by atoms with van der Waals surface area (Å²) >= 11 is 0. The molecule has 2 aliphatic rings. The molecule has 0 saturated carbocycles. The SMILES string of the molecule is CS(=O)(=O)c1cccnc1NC1CCN(CC2CCOC2)CC1. The van der Waals surface area contributed by atoms with E-state index in [0.29, 0.717) is 11.7 Å². The Morgan fingerprint density at radius 2 is 2.13 bits per heavy atom. The fraction of sp³-hybridized carbons (Fsp3) is 0.688. The van der Waals surface area contributed by atoms with Crippen LogP contribution in [0.3, 0.4) is 0 Å². The molecule has 1 unspecified atom stereocenters. The molecule has 1 aromatic heterocycles. The van der Waals surface area contributed by atoms with Gasteiger partial charge in [-0.3, -0.25) is 0 Å². The number of likely N-dealkylation sites (tertiary alicyclic amines) is 1. The van der Waals surface area contributed by atoms with Crippen LogP contribution in [0.5, 0.6) is 0 Å². The molecule has 2 fully saturated rings. The summed E-state index contributed by atoms with van der Waals surface area (Å²) in [7, 11) is -3.26. The van der Waals surface area contributed by atoms with Crippen LogP contribution < -0.4 is 5.32 Å². The maximum Gasteiger partial charge on any atom is 0.179 e. The van der Waals surface area contributed by atoms with Gasteiger partial charge in [-0.05, 0) is 37.3 Å². The summed E-state index contributed by atoms with van der Waals surface area (Å²) in [6.45, 7) is 4.98. The van der Waals surface area contributed by atoms with Crippen molar-refractivity contribution in [3.05, 3.63) is 18.3 Å². The molecule has 3 heterocycles. The standard InChI is InChI=1S/C16H25N3O3S/c1-23(20,21)15-3-2-7-17-16(15)18-14-4-8-19(9-5-14)11-13-6-10-22-12-13/h2-3,7,13-14H,4-6,8-12H2,1H3,(H,17,18). The van der Waals surface area contributed by atoms with Crippen LogP contribution in [0.25, 0.3) is 0 Å². The number of hydrogen-bond donors (Lipinski definition) is 1. The van der Waals surface area contributed by atoms with Crippen molar-refractivity contribution in [2.75, 3.05) is 44.4 Å². The fourth-order valence-corrected chi connectivity index (χ4v) is 4.13. The normalized spacial score (nSPS) is 24.0. The van der Waals surface area contributed by atoms with Gasteiger partial charge in [-0.15, -0.1) is 0 Å². The van der Waals surface area contributed by atoms with E-state index in [1.54, 1.807) is 18.3 Å². The van der Waals surface area contributed by atoms with Crippen molar-refractivity contribution in [1.82, 2.24) is 9.88 Å². The van der Waals surface area contributed by atoms with Gasteiger partial charge in [0.25, 0.3) is 0 Å². The Balaban J connectivity index is 1.55. The van der Waals surface area contributed by atoms with E-state index >= 15 is 0 Å². The Morgan fingerprint density at radius 3 is 2.78 bits per heavy atom. The van der Waals surface area contributed by atoms with Crippen LogP contribution in [0.1, 0.15) is 19.3 Å².